The molecule has 0 saturated carbocycles. The van der Waals surface area contributed by atoms with Gasteiger partial charge in [-0.15, -0.1) is 0 Å². The highest BCUT2D eigenvalue weighted by molar-refractivity contribution is 5.83. The van der Waals surface area contributed by atoms with Gasteiger partial charge in [0.25, 0.3) is 0 Å². The van der Waals surface area contributed by atoms with Crippen LogP contribution in [0.3, 0.4) is 0 Å². The average Bonchev–Trinajstić information content (AvgIpc) is 3.36. The van der Waals surface area contributed by atoms with E-state index < -0.39 is 0 Å². The van der Waals surface area contributed by atoms with Gasteiger partial charge < -0.3 is 9.80 Å². The molecule has 10 rings (SSSR count). The number of anilines is 6. The maximum absolute atomic E-state index is 2.34. The fraction of sp³-hybridized carbons (Fsp3) is 0. The maximum atomic E-state index is 2.34. The first-order valence-electron chi connectivity index (χ1n) is 21.2. The minimum absolute atomic E-state index is 1.09. The van der Waals surface area contributed by atoms with E-state index in [4.69, 9.17) is 0 Å². The highest BCUT2D eigenvalue weighted by Gasteiger charge is 2.16. The number of benzene rings is 10. The van der Waals surface area contributed by atoms with Crippen molar-refractivity contribution in [3.05, 3.63) is 267 Å². The Labute approximate surface area is 364 Å². The molecule has 0 radical (unpaired) electrons. The van der Waals surface area contributed by atoms with Crippen LogP contribution in [0.5, 0.6) is 0 Å². The van der Waals surface area contributed by atoms with E-state index in [2.05, 4.69) is 277 Å². The van der Waals surface area contributed by atoms with Crippen LogP contribution in [0.2, 0.25) is 0 Å². The molecule has 2 nitrogen and oxygen atoms in total. The monoisotopic (exact) mass is 792 g/mol. The Hall–Kier alpha value is -8.20. The molecule has 0 N–H and O–H groups in total. The molecule has 10 aromatic rings. The molecule has 0 bridgehead atoms. The van der Waals surface area contributed by atoms with Crippen LogP contribution >= 0.6 is 0 Å². The Kier molecular flexibility index (Phi) is 10.8. The molecule has 0 spiro atoms. The van der Waals surface area contributed by atoms with Crippen LogP contribution in [0.25, 0.3) is 55.6 Å². The predicted octanol–water partition coefficient (Wildman–Crippen LogP) is 17.0. The lowest BCUT2D eigenvalue weighted by Crippen LogP contribution is -2.10. The van der Waals surface area contributed by atoms with Crippen molar-refractivity contribution in [1.82, 2.24) is 0 Å². The van der Waals surface area contributed by atoms with Gasteiger partial charge in [-0.2, -0.15) is 0 Å². The second-order valence-corrected chi connectivity index (χ2v) is 15.4. The van der Waals surface area contributed by atoms with Gasteiger partial charge in [0, 0.05) is 34.1 Å². The summed E-state index contributed by atoms with van der Waals surface area (Å²) in [5.74, 6) is 0. The molecule has 0 aliphatic heterocycles. The van der Waals surface area contributed by atoms with E-state index in [1.807, 2.05) is 0 Å². The van der Waals surface area contributed by atoms with Crippen LogP contribution in [-0.2, 0) is 0 Å². The quantitative estimate of drug-likeness (QED) is 0.129. The minimum Gasteiger partial charge on any atom is -0.311 e. The van der Waals surface area contributed by atoms with Crippen molar-refractivity contribution in [3.8, 4) is 55.6 Å². The Morgan fingerprint density at radius 1 is 0.129 bits per heavy atom. The summed E-state index contributed by atoms with van der Waals surface area (Å²) in [5.41, 5.74) is 18.6. The topological polar surface area (TPSA) is 6.48 Å². The summed E-state index contributed by atoms with van der Waals surface area (Å²) < 4.78 is 0. The Bertz CT molecular complexity index is 2970. The number of para-hydroxylation sites is 1. The molecule has 0 amide bonds. The van der Waals surface area contributed by atoms with Gasteiger partial charge in [-0.25, -0.2) is 0 Å². The van der Waals surface area contributed by atoms with Gasteiger partial charge in [0.05, 0.1) is 0 Å². The second kappa shape index (κ2) is 17.6. The zero-order chi connectivity index (χ0) is 41.5. The van der Waals surface area contributed by atoms with E-state index in [9.17, 15) is 0 Å². The molecule has 0 unspecified atom stereocenters. The second-order valence-electron chi connectivity index (χ2n) is 15.4. The molecule has 0 atom stereocenters. The first-order chi connectivity index (χ1) is 30.7. The summed E-state index contributed by atoms with van der Waals surface area (Å²) in [6.45, 7) is 0. The zero-order valence-corrected chi connectivity index (χ0v) is 34.3. The molecule has 2 heteroatoms. The molecule has 10 aromatic carbocycles. The van der Waals surface area contributed by atoms with E-state index >= 15 is 0 Å². The number of nitrogens with zero attached hydrogens (tertiary/aromatic N) is 2. The molecule has 0 heterocycles. The fourth-order valence-corrected chi connectivity index (χ4v) is 8.23. The number of rotatable bonds is 11. The predicted molar refractivity (Wildman–Crippen MR) is 263 cm³/mol. The third-order valence-corrected chi connectivity index (χ3v) is 11.5. The van der Waals surface area contributed by atoms with E-state index in [1.165, 1.54) is 44.5 Å². The van der Waals surface area contributed by atoms with Crippen molar-refractivity contribution in [1.29, 1.82) is 0 Å². The van der Waals surface area contributed by atoms with Crippen molar-refractivity contribution in [2.75, 3.05) is 9.80 Å². The largest absolute Gasteiger partial charge is 0.311 e. The Morgan fingerprint density at radius 2 is 0.274 bits per heavy atom. The van der Waals surface area contributed by atoms with Crippen molar-refractivity contribution in [3.63, 3.8) is 0 Å². The van der Waals surface area contributed by atoms with E-state index in [-0.39, 0.29) is 0 Å². The third kappa shape index (κ3) is 8.18. The summed E-state index contributed by atoms with van der Waals surface area (Å²) >= 11 is 0. The standard InChI is InChI=1S/C60H44N2/c1-5-13-45(14-6-1)48-21-23-49(24-22-48)52-29-41-59(42-30-52)62(58-37-27-51(28-38-58)47-17-9-3-10-18-47)60-43-33-54(34-44-60)53-31-39-57(40-32-53)61(55-19-11-4-12-20-55)56-35-25-50(26-36-56)46-15-7-2-8-16-46/h1-44H. The van der Waals surface area contributed by atoms with E-state index in [1.54, 1.807) is 0 Å². The fourth-order valence-electron chi connectivity index (χ4n) is 8.23. The van der Waals surface area contributed by atoms with Gasteiger partial charge in [-0.3, -0.25) is 0 Å². The summed E-state index contributed by atoms with van der Waals surface area (Å²) in [5, 5.41) is 0. The summed E-state index contributed by atoms with van der Waals surface area (Å²) in [6.07, 6.45) is 0. The summed E-state index contributed by atoms with van der Waals surface area (Å²) in [4.78, 5) is 4.65. The Morgan fingerprint density at radius 3 is 0.484 bits per heavy atom. The molecule has 0 saturated heterocycles. The van der Waals surface area contributed by atoms with Gasteiger partial charge in [-0.1, -0.05) is 194 Å². The van der Waals surface area contributed by atoms with Crippen LogP contribution in [0.1, 0.15) is 0 Å². The van der Waals surface area contributed by atoms with Gasteiger partial charge in [-0.05, 0) is 128 Å². The van der Waals surface area contributed by atoms with Crippen LogP contribution in [-0.4, -0.2) is 0 Å². The molecular weight excluding hydrogens is 749 g/mol. The van der Waals surface area contributed by atoms with Gasteiger partial charge in [0.1, 0.15) is 0 Å². The normalized spacial score (nSPS) is 10.9. The van der Waals surface area contributed by atoms with Gasteiger partial charge in [0.2, 0.25) is 0 Å². The van der Waals surface area contributed by atoms with Gasteiger partial charge in [0.15, 0.2) is 0 Å². The maximum Gasteiger partial charge on any atom is 0.0462 e. The first kappa shape index (κ1) is 38.0. The highest BCUT2D eigenvalue weighted by atomic mass is 15.1. The lowest BCUT2D eigenvalue weighted by atomic mass is 10.00. The van der Waals surface area contributed by atoms with Crippen LogP contribution in [0, 0.1) is 0 Å². The SMILES string of the molecule is c1ccc(-c2ccc(-c3ccc(N(c4ccc(-c5ccccc5)cc4)c4ccc(-c5ccc(N(c6ccccc6)c6ccc(-c7ccccc7)cc6)cc5)cc4)cc3)cc2)cc1. The van der Waals surface area contributed by atoms with Gasteiger partial charge >= 0.3 is 0 Å². The molecule has 0 aromatic heterocycles. The van der Waals surface area contributed by atoms with Crippen LogP contribution in [0.15, 0.2) is 267 Å². The molecular formula is C60H44N2. The molecule has 0 aliphatic carbocycles. The lowest BCUT2D eigenvalue weighted by Gasteiger charge is -2.26. The van der Waals surface area contributed by atoms with Crippen molar-refractivity contribution >= 4 is 34.1 Å². The third-order valence-electron chi connectivity index (χ3n) is 11.5. The number of hydrogen-bond donors (Lipinski definition) is 0. The summed E-state index contributed by atoms with van der Waals surface area (Å²) in [7, 11) is 0. The average molecular weight is 793 g/mol. The smallest absolute Gasteiger partial charge is 0.0462 e. The zero-order valence-electron chi connectivity index (χ0n) is 34.3. The Balaban J connectivity index is 0.938. The van der Waals surface area contributed by atoms with E-state index in [0.29, 0.717) is 0 Å². The molecule has 62 heavy (non-hydrogen) atoms. The summed E-state index contributed by atoms with van der Waals surface area (Å²) in [6, 6.07) is 95.5. The molecule has 294 valence electrons. The van der Waals surface area contributed by atoms with E-state index in [0.717, 1.165) is 45.3 Å². The molecule has 0 aliphatic rings. The highest BCUT2D eigenvalue weighted by Crippen LogP contribution is 2.40. The van der Waals surface area contributed by atoms with Crippen LogP contribution in [0.4, 0.5) is 34.1 Å². The first-order valence-corrected chi connectivity index (χ1v) is 21.2. The van der Waals surface area contributed by atoms with Crippen molar-refractivity contribution in [2.24, 2.45) is 0 Å². The van der Waals surface area contributed by atoms with Crippen molar-refractivity contribution in [2.45, 2.75) is 0 Å². The molecule has 0 fully saturated rings. The minimum atomic E-state index is 1.09. The lowest BCUT2D eigenvalue weighted by molar-refractivity contribution is 1.28. The van der Waals surface area contributed by atoms with Crippen molar-refractivity contribution < 1.29 is 0 Å². The van der Waals surface area contributed by atoms with Crippen LogP contribution < -0.4 is 9.80 Å². The number of hydrogen-bond acceptors (Lipinski definition) is 2.